The van der Waals surface area contributed by atoms with Crippen LogP contribution in [0.25, 0.3) is 0 Å². The van der Waals surface area contributed by atoms with Gasteiger partial charge in [0.2, 0.25) is 0 Å². The smallest absolute Gasteiger partial charge is 0.417 e. The van der Waals surface area contributed by atoms with Gasteiger partial charge >= 0.3 is 6.18 Å². The molecule has 0 bridgehead atoms. The molecule has 3 nitrogen and oxygen atoms in total. The topological polar surface area (TPSA) is 39.2 Å². The van der Waals surface area contributed by atoms with E-state index in [1.807, 2.05) is 13.8 Å². The van der Waals surface area contributed by atoms with E-state index in [0.29, 0.717) is 13.1 Å². The van der Waals surface area contributed by atoms with Crippen LogP contribution in [-0.4, -0.2) is 18.1 Å². The van der Waals surface area contributed by atoms with Crippen LogP contribution in [0.15, 0.2) is 24.5 Å². The number of carbonyl (C=O) groups excluding carboxylic acids is 1. The number of rotatable bonds is 2. The molecule has 0 spiro atoms. The molecular weight excluding hydrogens is 283 g/mol. The Labute approximate surface area is 124 Å². The highest BCUT2D eigenvalue weighted by atomic mass is 19.4. The van der Waals surface area contributed by atoms with E-state index >= 15 is 0 Å². The highest BCUT2D eigenvalue weighted by Crippen LogP contribution is 2.27. The molecular formula is C15H24F3NO2. The predicted octanol–water partition coefficient (Wildman–Crippen LogP) is 4.72. The number of aromatic nitrogens is 1. The van der Waals surface area contributed by atoms with Crippen molar-refractivity contribution in [2.24, 2.45) is 5.92 Å². The van der Waals surface area contributed by atoms with Gasteiger partial charge in [-0.1, -0.05) is 33.6 Å². The molecule has 0 unspecified atom stereocenters. The van der Waals surface area contributed by atoms with Crippen molar-refractivity contribution >= 4 is 6.47 Å². The van der Waals surface area contributed by atoms with Crippen molar-refractivity contribution in [1.82, 2.24) is 4.98 Å². The number of pyridine rings is 1. The van der Waals surface area contributed by atoms with Crippen LogP contribution in [0.3, 0.4) is 0 Å². The molecule has 0 aromatic carbocycles. The van der Waals surface area contributed by atoms with Crippen molar-refractivity contribution in [2.45, 2.75) is 46.7 Å². The van der Waals surface area contributed by atoms with Gasteiger partial charge in [-0.05, 0) is 25.0 Å². The van der Waals surface area contributed by atoms with Crippen LogP contribution in [0, 0.1) is 5.92 Å². The summed E-state index contributed by atoms with van der Waals surface area (Å²) in [5.41, 5.74) is -0.713. The van der Waals surface area contributed by atoms with Gasteiger partial charge in [0.05, 0.1) is 12.2 Å². The second kappa shape index (κ2) is 13.4. The Morgan fingerprint density at radius 1 is 1.38 bits per heavy atom. The second-order valence-electron chi connectivity index (χ2n) is 3.97. The highest BCUT2D eigenvalue weighted by molar-refractivity contribution is 5.36. The maximum Gasteiger partial charge on any atom is 0.417 e. The summed E-state index contributed by atoms with van der Waals surface area (Å²) in [6, 6.07) is 2.23. The standard InChI is InChI=1S/C6H4F3N.C4H8.C3H6O2.C2H6/c7-6(8,9)5-2-1-3-10-4-5;1-4-2-3-4;1-2-5-3-4;1-2/h1-4H;4H,2-3H2,1H3;3H,2H2,1H3;1-2H3. The highest BCUT2D eigenvalue weighted by Gasteiger charge is 2.30. The van der Waals surface area contributed by atoms with Crippen molar-refractivity contribution in [3.8, 4) is 0 Å². The number of alkyl halides is 3. The van der Waals surface area contributed by atoms with Gasteiger partial charge in [0, 0.05) is 12.4 Å². The van der Waals surface area contributed by atoms with E-state index in [4.69, 9.17) is 0 Å². The molecule has 21 heavy (non-hydrogen) atoms. The molecule has 1 aliphatic carbocycles. The fourth-order valence-corrected chi connectivity index (χ4v) is 0.765. The summed E-state index contributed by atoms with van der Waals surface area (Å²) in [6.07, 6.45) is 0.795. The Bertz CT molecular complexity index is 339. The van der Waals surface area contributed by atoms with Crippen molar-refractivity contribution in [3.05, 3.63) is 30.1 Å². The molecule has 1 aliphatic rings. The van der Waals surface area contributed by atoms with E-state index in [9.17, 15) is 18.0 Å². The molecule has 0 atom stereocenters. The Morgan fingerprint density at radius 2 is 1.90 bits per heavy atom. The molecule has 2 rings (SSSR count). The first-order valence-electron chi connectivity index (χ1n) is 6.94. The zero-order valence-corrected chi connectivity index (χ0v) is 13.0. The second-order valence-corrected chi connectivity index (χ2v) is 3.97. The summed E-state index contributed by atoms with van der Waals surface area (Å²) < 4.78 is 39.4. The zero-order valence-electron chi connectivity index (χ0n) is 13.0. The maximum absolute atomic E-state index is 11.7. The third-order valence-corrected chi connectivity index (χ3v) is 2.09. The van der Waals surface area contributed by atoms with Gasteiger partial charge in [0.15, 0.2) is 0 Å². The summed E-state index contributed by atoms with van der Waals surface area (Å²) in [6.45, 7) is 8.94. The number of carbonyl (C=O) groups is 1. The molecule has 1 aromatic rings. The first kappa shape index (κ1) is 21.7. The quantitative estimate of drug-likeness (QED) is 0.742. The van der Waals surface area contributed by atoms with Crippen LogP contribution in [0.1, 0.15) is 46.1 Å². The van der Waals surface area contributed by atoms with Crippen molar-refractivity contribution < 1.29 is 22.7 Å². The van der Waals surface area contributed by atoms with Crippen LogP contribution in [0.4, 0.5) is 13.2 Å². The number of halogens is 3. The predicted molar refractivity (Wildman–Crippen MR) is 76.7 cm³/mol. The Balaban J connectivity index is 0. The van der Waals surface area contributed by atoms with Gasteiger partial charge in [-0.15, -0.1) is 0 Å². The summed E-state index contributed by atoms with van der Waals surface area (Å²) >= 11 is 0. The molecule has 0 saturated heterocycles. The minimum atomic E-state index is -4.27. The third-order valence-electron chi connectivity index (χ3n) is 2.09. The van der Waals surface area contributed by atoms with E-state index in [2.05, 4.69) is 16.6 Å². The molecule has 6 heteroatoms. The number of nitrogens with zero attached hydrogens (tertiary/aromatic N) is 1. The number of ether oxygens (including phenoxy) is 1. The average molecular weight is 307 g/mol. The SMILES string of the molecule is CC.CC1CC1.CCOC=O.FC(F)(F)c1cccnc1. The largest absolute Gasteiger partial charge is 0.468 e. The van der Waals surface area contributed by atoms with Gasteiger partial charge in [-0.2, -0.15) is 13.2 Å². The molecule has 1 fully saturated rings. The van der Waals surface area contributed by atoms with Crippen LogP contribution in [0.5, 0.6) is 0 Å². The fraction of sp³-hybridized carbons (Fsp3) is 0.600. The van der Waals surface area contributed by atoms with Gasteiger partial charge in [0.1, 0.15) is 0 Å². The minimum Gasteiger partial charge on any atom is -0.468 e. The van der Waals surface area contributed by atoms with Crippen LogP contribution >= 0.6 is 0 Å². The number of hydrogen-bond acceptors (Lipinski definition) is 3. The molecule has 122 valence electrons. The fourth-order valence-electron chi connectivity index (χ4n) is 0.765. The van der Waals surface area contributed by atoms with E-state index in [1.54, 1.807) is 6.92 Å². The molecule has 1 heterocycles. The Hall–Kier alpha value is -1.59. The molecule has 1 saturated carbocycles. The molecule has 0 aliphatic heterocycles. The molecule has 0 N–H and O–H groups in total. The normalized spacial score (nSPS) is 12.3. The van der Waals surface area contributed by atoms with E-state index in [-0.39, 0.29) is 0 Å². The van der Waals surface area contributed by atoms with E-state index in [1.165, 1.54) is 25.1 Å². The molecule has 0 radical (unpaired) electrons. The Kier molecular flexibility index (Phi) is 13.8. The van der Waals surface area contributed by atoms with Gasteiger partial charge in [0.25, 0.3) is 6.47 Å². The summed E-state index contributed by atoms with van der Waals surface area (Å²) in [4.78, 5) is 12.5. The van der Waals surface area contributed by atoms with Gasteiger partial charge < -0.3 is 4.74 Å². The zero-order chi connectivity index (χ0) is 16.7. The van der Waals surface area contributed by atoms with Crippen molar-refractivity contribution in [1.29, 1.82) is 0 Å². The summed E-state index contributed by atoms with van der Waals surface area (Å²) in [7, 11) is 0. The Morgan fingerprint density at radius 3 is 2.05 bits per heavy atom. The van der Waals surface area contributed by atoms with Crippen LogP contribution in [-0.2, 0) is 15.7 Å². The molecule has 1 aromatic heterocycles. The molecule has 0 amide bonds. The first-order valence-corrected chi connectivity index (χ1v) is 6.94. The maximum atomic E-state index is 11.7. The summed E-state index contributed by atoms with van der Waals surface area (Å²) in [5, 5.41) is 0. The van der Waals surface area contributed by atoms with Crippen molar-refractivity contribution in [2.75, 3.05) is 6.61 Å². The summed E-state index contributed by atoms with van der Waals surface area (Å²) in [5.74, 6) is 1.08. The monoisotopic (exact) mass is 307 g/mol. The van der Waals surface area contributed by atoms with Gasteiger partial charge in [-0.3, -0.25) is 9.78 Å². The number of hydrogen-bond donors (Lipinski definition) is 0. The minimum absolute atomic E-state index is 0.431. The lowest BCUT2D eigenvalue weighted by Crippen LogP contribution is -2.04. The lowest BCUT2D eigenvalue weighted by molar-refractivity contribution is -0.137. The van der Waals surface area contributed by atoms with Gasteiger partial charge in [-0.25, -0.2) is 0 Å². The lowest BCUT2D eigenvalue weighted by atomic mass is 10.3. The van der Waals surface area contributed by atoms with Crippen LogP contribution < -0.4 is 0 Å². The first-order chi connectivity index (χ1) is 9.91. The van der Waals surface area contributed by atoms with Crippen molar-refractivity contribution in [3.63, 3.8) is 0 Å². The van der Waals surface area contributed by atoms with Crippen LogP contribution in [0.2, 0.25) is 0 Å². The van der Waals surface area contributed by atoms with E-state index in [0.717, 1.165) is 18.2 Å². The third kappa shape index (κ3) is 16.4. The average Bonchev–Trinajstić information content (AvgIpc) is 3.26. The lowest BCUT2D eigenvalue weighted by Gasteiger charge is -2.03. The van der Waals surface area contributed by atoms with E-state index < -0.39 is 11.7 Å².